The van der Waals surface area contributed by atoms with E-state index in [1.807, 2.05) is 0 Å². The summed E-state index contributed by atoms with van der Waals surface area (Å²) in [6.45, 7) is 3.25. The molecular weight excluding hydrogens is 258 g/mol. The van der Waals surface area contributed by atoms with Gasteiger partial charge < -0.3 is 0 Å². The maximum Gasteiger partial charge on any atom is 0.417 e. The Morgan fingerprint density at radius 1 is 0.944 bits per heavy atom. The average Bonchev–Trinajstić information content (AvgIpc) is 2.23. The summed E-state index contributed by atoms with van der Waals surface area (Å²) in [7, 11) is 0. The van der Waals surface area contributed by atoms with Gasteiger partial charge in [0.2, 0.25) is 0 Å². The van der Waals surface area contributed by atoms with Crippen LogP contribution in [0.5, 0.6) is 0 Å². The van der Waals surface area contributed by atoms with Crippen LogP contribution in [0, 0.1) is 0 Å². The van der Waals surface area contributed by atoms with Crippen molar-refractivity contribution in [1.82, 2.24) is 0 Å². The zero-order valence-electron chi connectivity index (χ0n) is 8.94. The second kappa shape index (κ2) is 4.88. The maximum absolute atomic E-state index is 12.7. The highest BCUT2D eigenvalue weighted by Crippen LogP contribution is 2.42. The van der Waals surface area contributed by atoms with E-state index in [0.717, 1.165) is 24.3 Å². The molecule has 0 bridgehead atoms. The summed E-state index contributed by atoms with van der Waals surface area (Å²) in [5.74, 6) is 0. The highest BCUT2D eigenvalue weighted by molar-refractivity contribution is 5.58. The lowest BCUT2D eigenvalue weighted by molar-refractivity contribution is -0.162. The summed E-state index contributed by atoms with van der Waals surface area (Å²) in [5, 5.41) is 0. The molecule has 1 aromatic rings. The molecule has 6 heteroatoms. The van der Waals surface area contributed by atoms with Crippen molar-refractivity contribution < 1.29 is 26.3 Å². The lowest BCUT2D eigenvalue weighted by atomic mass is 9.99. The predicted octanol–water partition coefficient (Wildman–Crippen LogP) is 4.92. The van der Waals surface area contributed by atoms with E-state index in [1.165, 1.54) is 6.08 Å². The van der Waals surface area contributed by atoms with E-state index >= 15 is 0 Å². The molecule has 0 radical (unpaired) electrons. The van der Waals surface area contributed by atoms with Crippen molar-refractivity contribution in [3.63, 3.8) is 0 Å². The lowest BCUT2D eigenvalue weighted by Crippen LogP contribution is -2.17. The van der Waals surface area contributed by atoms with Crippen molar-refractivity contribution in [2.75, 3.05) is 0 Å². The third-order valence-electron chi connectivity index (χ3n) is 2.10. The average molecular weight is 266 g/mol. The van der Waals surface area contributed by atoms with Crippen molar-refractivity contribution in [2.45, 2.75) is 12.4 Å². The van der Waals surface area contributed by atoms with Gasteiger partial charge in [-0.1, -0.05) is 36.9 Å². The molecule has 0 aliphatic rings. The van der Waals surface area contributed by atoms with Crippen LogP contribution in [0.25, 0.3) is 6.08 Å². The number of allylic oxidation sites excluding steroid dienone is 2. The van der Waals surface area contributed by atoms with Gasteiger partial charge in [0.25, 0.3) is 0 Å². The van der Waals surface area contributed by atoms with Crippen LogP contribution < -0.4 is 0 Å². The predicted molar refractivity (Wildman–Crippen MR) is 55.7 cm³/mol. The molecule has 18 heavy (non-hydrogen) atoms. The van der Waals surface area contributed by atoms with E-state index in [2.05, 4.69) is 6.58 Å². The van der Waals surface area contributed by atoms with Gasteiger partial charge in [-0.3, -0.25) is 0 Å². The van der Waals surface area contributed by atoms with Crippen molar-refractivity contribution in [1.29, 1.82) is 0 Å². The SMILES string of the molecule is C=C/C=C/c1cccc(C(F)(F)F)c1C(F)(F)F. The number of halogens is 6. The van der Waals surface area contributed by atoms with Gasteiger partial charge in [0.15, 0.2) is 0 Å². The summed E-state index contributed by atoms with van der Waals surface area (Å²) in [4.78, 5) is 0. The Bertz CT molecular complexity index is 464. The van der Waals surface area contributed by atoms with E-state index in [9.17, 15) is 26.3 Å². The van der Waals surface area contributed by atoms with Crippen LogP contribution in [0.3, 0.4) is 0 Å². The molecule has 0 atom stereocenters. The number of hydrogen-bond acceptors (Lipinski definition) is 0. The molecule has 0 N–H and O–H groups in total. The molecule has 1 rings (SSSR count). The molecular formula is C12H8F6. The van der Waals surface area contributed by atoms with Gasteiger partial charge in [-0.25, -0.2) is 0 Å². The molecule has 0 aromatic heterocycles. The standard InChI is InChI=1S/C12H8F6/c1-2-3-5-8-6-4-7-9(11(13,14)15)10(8)12(16,17)18/h2-7H,1H2/b5-3+. The topological polar surface area (TPSA) is 0 Å². The Hall–Kier alpha value is -1.72. The third-order valence-corrected chi connectivity index (χ3v) is 2.10. The zero-order chi connectivity index (χ0) is 14.0. The fraction of sp³-hybridized carbons (Fsp3) is 0.167. The van der Waals surface area contributed by atoms with Gasteiger partial charge >= 0.3 is 12.4 Å². The first-order chi connectivity index (χ1) is 8.18. The Kier molecular flexibility index (Phi) is 3.88. The van der Waals surface area contributed by atoms with Crippen molar-refractivity contribution in [3.05, 3.63) is 53.6 Å². The minimum absolute atomic E-state index is 0.411. The van der Waals surface area contributed by atoms with Gasteiger partial charge in [0, 0.05) is 0 Å². The third kappa shape index (κ3) is 3.15. The molecule has 0 aliphatic heterocycles. The van der Waals surface area contributed by atoms with Gasteiger partial charge in [-0.2, -0.15) is 26.3 Å². The Morgan fingerprint density at radius 3 is 2.00 bits per heavy atom. The van der Waals surface area contributed by atoms with Crippen LogP contribution in [0.2, 0.25) is 0 Å². The maximum atomic E-state index is 12.7. The highest BCUT2D eigenvalue weighted by Gasteiger charge is 2.44. The zero-order valence-corrected chi connectivity index (χ0v) is 8.94. The van der Waals surface area contributed by atoms with E-state index in [1.54, 1.807) is 0 Å². The fourth-order valence-corrected chi connectivity index (χ4v) is 1.43. The summed E-state index contributed by atoms with van der Waals surface area (Å²) in [5.41, 5.74) is -3.92. The first-order valence-corrected chi connectivity index (χ1v) is 4.74. The number of benzene rings is 1. The van der Waals surface area contributed by atoms with Gasteiger partial charge in [-0.15, -0.1) is 0 Å². The summed E-state index contributed by atoms with van der Waals surface area (Å²) >= 11 is 0. The summed E-state index contributed by atoms with van der Waals surface area (Å²) in [6.07, 6.45) is -6.87. The molecule has 0 spiro atoms. The molecule has 0 saturated carbocycles. The second-order valence-electron chi connectivity index (χ2n) is 3.36. The monoisotopic (exact) mass is 266 g/mol. The van der Waals surface area contributed by atoms with Crippen LogP contribution in [-0.2, 0) is 12.4 Å². The van der Waals surface area contributed by atoms with Crippen LogP contribution in [0.4, 0.5) is 26.3 Å². The van der Waals surface area contributed by atoms with E-state index in [0.29, 0.717) is 6.07 Å². The number of alkyl halides is 6. The number of rotatable bonds is 2. The second-order valence-corrected chi connectivity index (χ2v) is 3.36. The Morgan fingerprint density at radius 2 is 1.56 bits per heavy atom. The molecule has 0 saturated heterocycles. The van der Waals surface area contributed by atoms with Crippen molar-refractivity contribution in [3.8, 4) is 0 Å². The minimum Gasteiger partial charge on any atom is -0.166 e. The number of hydrogen-bond donors (Lipinski definition) is 0. The quantitative estimate of drug-likeness (QED) is 0.526. The van der Waals surface area contributed by atoms with Crippen LogP contribution in [0.15, 0.2) is 36.9 Å². The highest BCUT2D eigenvalue weighted by atomic mass is 19.4. The van der Waals surface area contributed by atoms with Crippen LogP contribution in [-0.4, -0.2) is 0 Å². The lowest BCUT2D eigenvalue weighted by Gasteiger charge is -2.17. The van der Waals surface area contributed by atoms with Gasteiger partial charge in [0.1, 0.15) is 0 Å². The summed E-state index contributed by atoms with van der Waals surface area (Å²) < 4.78 is 75.7. The Balaban J connectivity index is 3.55. The smallest absolute Gasteiger partial charge is 0.166 e. The van der Waals surface area contributed by atoms with Gasteiger partial charge in [-0.05, 0) is 11.6 Å². The molecule has 0 nitrogen and oxygen atoms in total. The Labute approximate surface area is 99.2 Å². The molecule has 0 amide bonds. The minimum atomic E-state index is -5.08. The van der Waals surface area contributed by atoms with Gasteiger partial charge in [0.05, 0.1) is 11.1 Å². The van der Waals surface area contributed by atoms with Crippen LogP contribution >= 0.6 is 0 Å². The molecule has 0 heterocycles. The fourth-order valence-electron chi connectivity index (χ4n) is 1.43. The van der Waals surface area contributed by atoms with Crippen molar-refractivity contribution >= 4 is 6.08 Å². The molecule has 0 fully saturated rings. The largest absolute Gasteiger partial charge is 0.417 e. The summed E-state index contributed by atoms with van der Waals surface area (Å²) in [6, 6.07) is 2.31. The van der Waals surface area contributed by atoms with E-state index in [-0.39, 0.29) is 0 Å². The normalized spacial score (nSPS) is 13.0. The molecule has 0 unspecified atom stereocenters. The van der Waals surface area contributed by atoms with E-state index < -0.39 is 29.0 Å². The molecule has 0 aliphatic carbocycles. The van der Waals surface area contributed by atoms with Crippen LogP contribution in [0.1, 0.15) is 16.7 Å². The molecule has 98 valence electrons. The van der Waals surface area contributed by atoms with Crippen molar-refractivity contribution in [2.24, 2.45) is 0 Å². The first-order valence-electron chi connectivity index (χ1n) is 4.74. The molecule has 1 aromatic carbocycles. The van der Waals surface area contributed by atoms with E-state index in [4.69, 9.17) is 0 Å². The first kappa shape index (κ1) is 14.3.